The first-order chi connectivity index (χ1) is 11.4. The van der Waals surface area contributed by atoms with Crippen molar-refractivity contribution < 1.29 is 4.43 Å². The topological polar surface area (TPSA) is 9.23 Å². The average molecular weight is 341 g/mol. The van der Waals surface area contributed by atoms with Crippen molar-refractivity contribution in [1.29, 1.82) is 0 Å². The summed E-state index contributed by atoms with van der Waals surface area (Å²) in [6, 6.07) is 10.3. The Morgan fingerprint density at radius 1 is 0.792 bits per heavy atom. The molecule has 0 heterocycles. The van der Waals surface area contributed by atoms with Crippen molar-refractivity contribution >= 4 is 8.32 Å². The minimum Gasteiger partial charge on any atom is -0.500 e. The molecular weight excluding hydrogens is 308 g/mol. The molecule has 0 unspecified atom stereocenters. The van der Waals surface area contributed by atoms with E-state index in [1.807, 2.05) is 18.2 Å². The molecule has 0 amide bonds. The van der Waals surface area contributed by atoms with Gasteiger partial charge in [0.05, 0.1) is 6.11 Å². The van der Waals surface area contributed by atoms with Gasteiger partial charge in [0.1, 0.15) is 0 Å². The van der Waals surface area contributed by atoms with E-state index >= 15 is 0 Å². The van der Waals surface area contributed by atoms with Gasteiger partial charge in [-0.25, -0.2) is 0 Å². The smallest absolute Gasteiger partial charge is 0.272 e. The van der Waals surface area contributed by atoms with E-state index in [4.69, 9.17) is 4.43 Å². The number of benzene rings is 1. The lowest BCUT2D eigenvalue weighted by Crippen LogP contribution is -2.46. The summed E-state index contributed by atoms with van der Waals surface area (Å²) < 4.78 is 6.22. The average Bonchev–Trinajstić information content (AvgIpc) is 2.53. The van der Waals surface area contributed by atoms with Gasteiger partial charge in [-0.3, -0.25) is 0 Å². The molecule has 0 aromatic heterocycles. The Hall–Kier alpha value is -1.64. The SMILES string of the molecule is CC(C)[Si](OC#CCCC#CCc1ccccc1)(C(C)C)C(C)C. The van der Waals surface area contributed by atoms with Crippen LogP contribution in [-0.2, 0) is 10.8 Å². The molecule has 0 aliphatic carbocycles. The van der Waals surface area contributed by atoms with Gasteiger partial charge in [0.25, 0.3) is 8.32 Å². The summed E-state index contributed by atoms with van der Waals surface area (Å²) in [6.45, 7) is 13.7. The minimum absolute atomic E-state index is 0.567. The third-order valence-electron chi connectivity index (χ3n) is 4.64. The Bertz CT molecular complexity index is 572. The van der Waals surface area contributed by atoms with Crippen molar-refractivity contribution in [2.45, 2.75) is 77.4 Å². The summed E-state index contributed by atoms with van der Waals surface area (Å²) in [5, 5.41) is 0. The molecule has 0 atom stereocenters. The largest absolute Gasteiger partial charge is 0.500 e. The van der Waals surface area contributed by atoms with E-state index in [2.05, 4.69) is 77.5 Å². The second-order valence-corrected chi connectivity index (χ2v) is 12.6. The van der Waals surface area contributed by atoms with E-state index in [0.29, 0.717) is 16.6 Å². The summed E-state index contributed by atoms with van der Waals surface area (Å²) in [5.41, 5.74) is 2.97. The molecule has 1 aromatic carbocycles. The Morgan fingerprint density at radius 2 is 1.33 bits per heavy atom. The van der Waals surface area contributed by atoms with Gasteiger partial charge in [-0.15, -0.1) is 5.92 Å². The minimum atomic E-state index is -1.86. The molecule has 0 N–H and O–H groups in total. The zero-order chi connectivity index (χ0) is 18.0. The van der Waals surface area contributed by atoms with E-state index in [1.54, 1.807) is 0 Å². The standard InChI is InChI=1S/C22H32OSi/c1-19(2)24(20(3)4,21(5)6)23-18-14-9-7-8-11-15-22-16-12-10-13-17-22/h10,12-13,16-17,19-21H,7,9,15H2,1-6H3. The predicted octanol–water partition coefficient (Wildman–Crippen LogP) is 6.17. The molecular formula is C22H32OSi. The lowest BCUT2D eigenvalue weighted by atomic mass is 10.1. The first kappa shape index (κ1) is 20.4. The normalized spacial score (nSPS) is 11.0. The van der Waals surface area contributed by atoms with Crippen LogP contribution in [0.3, 0.4) is 0 Å². The van der Waals surface area contributed by atoms with Crippen LogP contribution < -0.4 is 0 Å². The number of rotatable bonds is 6. The van der Waals surface area contributed by atoms with Gasteiger partial charge >= 0.3 is 0 Å². The monoisotopic (exact) mass is 340 g/mol. The van der Waals surface area contributed by atoms with Crippen LogP contribution in [-0.4, -0.2) is 8.32 Å². The van der Waals surface area contributed by atoms with Crippen molar-refractivity contribution in [1.82, 2.24) is 0 Å². The number of unbranched alkanes of at least 4 members (excludes halogenated alkanes) is 1. The van der Waals surface area contributed by atoms with Gasteiger partial charge in [0, 0.05) is 19.3 Å². The lowest BCUT2D eigenvalue weighted by molar-refractivity contribution is 0.446. The van der Waals surface area contributed by atoms with E-state index in [9.17, 15) is 0 Å². The van der Waals surface area contributed by atoms with Gasteiger partial charge in [-0.05, 0) is 22.2 Å². The molecule has 0 aliphatic heterocycles. The Labute approximate surface area is 150 Å². The highest BCUT2D eigenvalue weighted by Gasteiger charge is 2.46. The molecule has 0 aliphatic rings. The first-order valence-electron chi connectivity index (χ1n) is 9.06. The molecule has 0 radical (unpaired) electrons. The highest BCUT2D eigenvalue weighted by molar-refractivity contribution is 6.77. The molecule has 1 aromatic rings. The summed E-state index contributed by atoms with van der Waals surface area (Å²) in [4.78, 5) is 0. The fraction of sp³-hybridized carbons (Fsp3) is 0.545. The quantitative estimate of drug-likeness (QED) is 0.342. The molecule has 0 bridgehead atoms. The molecule has 24 heavy (non-hydrogen) atoms. The highest BCUT2D eigenvalue weighted by Crippen LogP contribution is 2.41. The van der Waals surface area contributed by atoms with Crippen LogP contribution in [0.25, 0.3) is 0 Å². The third kappa shape index (κ3) is 5.77. The maximum atomic E-state index is 6.22. The summed E-state index contributed by atoms with van der Waals surface area (Å²) >= 11 is 0. The summed E-state index contributed by atoms with van der Waals surface area (Å²) in [6.07, 6.45) is 5.42. The number of hydrogen-bond donors (Lipinski definition) is 0. The summed E-state index contributed by atoms with van der Waals surface area (Å²) in [7, 11) is -1.86. The molecule has 130 valence electrons. The summed E-state index contributed by atoms with van der Waals surface area (Å²) in [5.74, 6) is 9.58. The van der Waals surface area contributed by atoms with Gasteiger partial charge < -0.3 is 4.43 Å². The van der Waals surface area contributed by atoms with Crippen LogP contribution in [0, 0.1) is 23.9 Å². The van der Waals surface area contributed by atoms with Crippen LogP contribution in [0.5, 0.6) is 0 Å². The lowest BCUT2D eigenvalue weighted by Gasteiger charge is -2.39. The van der Waals surface area contributed by atoms with Crippen LogP contribution in [0.2, 0.25) is 16.6 Å². The molecule has 1 rings (SSSR count). The van der Waals surface area contributed by atoms with E-state index < -0.39 is 8.32 Å². The fourth-order valence-electron chi connectivity index (χ4n) is 3.50. The molecule has 0 fully saturated rings. The van der Waals surface area contributed by atoms with Gasteiger partial charge in [-0.2, -0.15) is 0 Å². The zero-order valence-corrected chi connectivity index (χ0v) is 17.1. The Morgan fingerprint density at radius 3 is 1.88 bits per heavy atom. The second-order valence-electron chi connectivity index (χ2n) is 7.21. The van der Waals surface area contributed by atoms with Crippen molar-refractivity contribution in [3.8, 4) is 23.9 Å². The van der Waals surface area contributed by atoms with Crippen molar-refractivity contribution in [3.63, 3.8) is 0 Å². The third-order valence-corrected chi connectivity index (χ3v) is 10.5. The fourth-order valence-corrected chi connectivity index (χ4v) is 8.46. The zero-order valence-electron chi connectivity index (χ0n) is 16.1. The van der Waals surface area contributed by atoms with E-state index in [1.165, 1.54) is 5.56 Å². The van der Waals surface area contributed by atoms with Crippen LogP contribution >= 0.6 is 0 Å². The van der Waals surface area contributed by atoms with Crippen molar-refractivity contribution in [2.75, 3.05) is 0 Å². The van der Waals surface area contributed by atoms with Crippen molar-refractivity contribution in [3.05, 3.63) is 35.9 Å². The Kier molecular flexibility index (Phi) is 8.73. The molecule has 2 heteroatoms. The van der Waals surface area contributed by atoms with Gasteiger partial charge in [0.2, 0.25) is 0 Å². The second kappa shape index (κ2) is 10.3. The van der Waals surface area contributed by atoms with E-state index in [0.717, 1.165) is 19.3 Å². The van der Waals surface area contributed by atoms with Gasteiger partial charge in [0.15, 0.2) is 0 Å². The molecule has 0 saturated carbocycles. The molecule has 1 nitrogen and oxygen atoms in total. The Balaban J connectivity index is 2.48. The van der Waals surface area contributed by atoms with Crippen LogP contribution in [0.1, 0.15) is 59.9 Å². The van der Waals surface area contributed by atoms with Crippen LogP contribution in [0.15, 0.2) is 30.3 Å². The van der Waals surface area contributed by atoms with Crippen LogP contribution in [0.4, 0.5) is 0 Å². The predicted molar refractivity (Wildman–Crippen MR) is 107 cm³/mol. The van der Waals surface area contributed by atoms with E-state index in [-0.39, 0.29) is 0 Å². The molecule has 0 saturated heterocycles. The van der Waals surface area contributed by atoms with Crippen molar-refractivity contribution in [2.24, 2.45) is 0 Å². The molecule has 0 spiro atoms. The van der Waals surface area contributed by atoms with Gasteiger partial charge in [-0.1, -0.05) is 83.7 Å². The maximum absolute atomic E-state index is 6.22. The maximum Gasteiger partial charge on any atom is 0.272 e. The highest BCUT2D eigenvalue weighted by atomic mass is 28.4. The first-order valence-corrected chi connectivity index (χ1v) is 11.2. The number of hydrogen-bond acceptors (Lipinski definition) is 1.